The average Bonchev–Trinajstić information content (AvgIpc) is 3.25. The lowest BCUT2D eigenvalue weighted by molar-refractivity contribution is -0.167. The summed E-state index contributed by atoms with van der Waals surface area (Å²) in [5, 5.41) is 0. The van der Waals surface area contributed by atoms with Crippen molar-refractivity contribution in [2.75, 3.05) is 13.2 Å². The third-order valence-corrected chi connectivity index (χ3v) is 13.0. The lowest BCUT2D eigenvalue weighted by atomic mass is 10.0. The minimum absolute atomic E-state index is 0.0628. The van der Waals surface area contributed by atoms with Gasteiger partial charge in [0.05, 0.1) is 0 Å². The molecule has 0 aromatic heterocycles. The van der Waals surface area contributed by atoms with Crippen LogP contribution in [-0.4, -0.2) is 37.2 Å². The number of hydrogen-bond donors (Lipinski definition) is 0. The van der Waals surface area contributed by atoms with E-state index in [2.05, 4.69) is 34.6 Å². The lowest BCUT2D eigenvalue weighted by Gasteiger charge is -2.18. The topological polar surface area (TPSA) is 78.9 Å². The molecule has 0 heterocycles. The summed E-state index contributed by atoms with van der Waals surface area (Å²) < 4.78 is 16.9. The Balaban J connectivity index is 4.31. The fourth-order valence-corrected chi connectivity index (χ4v) is 8.70. The molecule has 0 aliphatic carbocycles. The summed E-state index contributed by atoms with van der Waals surface area (Å²) in [5.41, 5.74) is 0. The predicted molar refractivity (Wildman–Crippen MR) is 270 cm³/mol. The summed E-state index contributed by atoms with van der Waals surface area (Å²) in [6.07, 6.45) is 52.3. The fourth-order valence-electron chi connectivity index (χ4n) is 8.70. The molecule has 0 radical (unpaired) electrons. The Kier molecular flexibility index (Phi) is 48.6. The van der Waals surface area contributed by atoms with Gasteiger partial charge in [-0.2, -0.15) is 0 Å². The fraction of sp³-hybridized carbons (Fsp3) is 0.947. The van der Waals surface area contributed by atoms with E-state index < -0.39 is 6.10 Å². The van der Waals surface area contributed by atoms with Crippen molar-refractivity contribution in [3.63, 3.8) is 0 Å². The summed E-state index contributed by atoms with van der Waals surface area (Å²) in [7, 11) is 0. The largest absolute Gasteiger partial charge is 0.462 e. The highest BCUT2D eigenvalue weighted by Crippen LogP contribution is 2.18. The molecule has 6 nitrogen and oxygen atoms in total. The summed E-state index contributed by atoms with van der Waals surface area (Å²) >= 11 is 0. The molecule has 1 atom stereocenters. The van der Waals surface area contributed by atoms with Gasteiger partial charge in [-0.3, -0.25) is 14.4 Å². The zero-order chi connectivity index (χ0) is 46.1. The highest BCUT2D eigenvalue weighted by Gasteiger charge is 2.19. The van der Waals surface area contributed by atoms with E-state index in [1.54, 1.807) is 0 Å². The minimum atomic E-state index is -0.762. The number of carbonyl (C=O) groups is 3. The highest BCUT2D eigenvalue weighted by molar-refractivity contribution is 5.71. The molecule has 374 valence electrons. The zero-order valence-electron chi connectivity index (χ0n) is 43.2. The molecule has 0 saturated carbocycles. The Hall–Kier alpha value is -1.59. The first-order valence-corrected chi connectivity index (χ1v) is 28.2. The molecular formula is C57H110O6. The van der Waals surface area contributed by atoms with E-state index in [4.69, 9.17) is 14.2 Å². The second-order valence-electron chi connectivity index (χ2n) is 20.5. The van der Waals surface area contributed by atoms with E-state index in [0.717, 1.165) is 69.6 Å². The van der Waals surface area contributed by atoms with Crippen LogP contribution >= 0.6 is 0 Å². The normalized spacial score (nSPS) is 12.0. The van der Waals surface area contributed by atoms with Gasteiger partial charge in [-0.05, 0) is 31.1 Å². The molecule has 0 unspecified atom stereocenters. The van der Waals surface area contributed by atoms with Crippen molar-refractivity contribution in [3.05, 3.63) is 0 Å². The van der Waals surface area contributed by atoms with Crippen molar-refractivity contribution < 1.29 is 28.6 Å². The number of rotatable bonds is 51. The van der Waals surface area contributed by atoms with Crippen LogP contribution in [0.2, 0.25) is 0 Å². The van der Waals surface area contributed by atoms with Crippen molar-refractivity contribution in [1.82, 2.24) is 0 Å². The Morgan fingerprint density at radius 1 is 0.302 bits per heavy atom. The second-order valence-corrected chi connectivity index (χ2v) is 20.5. The molecule has 63 heavy (non-hydrogen) atoms. The quantitative estimate of drug-likeness (QED) is 0.0344. The van der Waals surface area contributed by atoms with Gasteiger partial charge in [0.1, 0.15) is 13.2 Å². The molecule has 0 saturated heterocycles. The molecule has 0 rings (SSSR count). The monoisotopic (exact) mass is 891 g/mol. The first-order chi connectivity index (χ1) is 30.7. The van der Waals surface area contributed by atoms with Crippen molar-refractivity contribution in [3.8, 4) is 0 Å². The third kappa shape index (κ3) is 51.3. The van der Waals surface area contributed by atoms with Gasteiger partial charge >= 0.3 is 17.9 Å². The van der Waals surface area contributed by atoms with E-state index in [-0.39, 0.29) is 31.1 Å². The predicted octanol–water partition coefficient (Wildman–Crippen LogP) is 18.5. The smallest absolute Gasteiger partial charge is 0.306 e. The summed E-state index contributed by atoms with van der Waals surface area (Å²) in [6, 6.07) is 0. The van der Waals surface area contributed by atoms with Crippen LogP contribution < -0.4 is 0 Å². The van der Waals surface area contributed by atoms with Crippen LogP contribution in [-0.2, 0) is 28.6 Å². The number of carbonyl (C=O) groups excluding carboxylic acids is 3. The van der Waals surface area contributed by atoms with Crippen molar-refractivity contribution in [2.24, 2.45) is 11.8 Å². The van der Waals surface area contributed by atoms with Gasteiger partial charge in [0.2, 0.25) is 0 Å². The third-order valence-electron chi connectivity index (χ3n) is 13.0. The number of unbranched alkanes of at least 4 members (excludes halogenated alkanes) is 36. The Bertz CT molecular complexity index is 962. The van der Waals surface area contributed by atoms with Crippen molar-refractivity contribution >= 4 is 17.9 Å². The highest BCUT2D eigenvalue weighted by atomic mass is 16.6. The van der Waals surface area contributed by atoms with E-state index in [1.807, 2.05) is 0 Å². The van der Waals surface area contributed by atoms with Crippen molar-refractivity contribution in [2.45, 2.75) is 323 Å². The van der Waals surface area contributed by atoms with Crippen LogP contribution in [0, 0.1) is 11.8 Å². The molecule has 0 bridgehead atoms. The van der Waals surface area contributed by atoms with Crippen LogP contribution in [0.5, 0.6) is 0 Å². The lowest BCUT2D eigenvalue weighted by Crippen LogP contribution is -2.30. The molecule has 0 aromatic carbocycles. The van der Waals surface area contributed by atoms with Crippen LogP contribution in [0.15, 0.2) is 0 Å². The molecule has 0 amide bonds. The molecule has 0 aliphatic heterocycles. The van der Waals surface area contributed by atoms with Crippen LogP contribution in [0.3, 0.4) is 0 Å². The molecule has 0 fully saturated rings. The molecule has 0 spiro atoms. The summed E-state index contributed by atoms with van der Waals surface area (Å²) in [5.74, 6) is 0.824. The molecular weight excluding hydrogens is 781 g/mol. The number of esters is 3. The number of ether oxygens (including phenoxy) is 3. The summed E-state index contributed by atoms with van der Waals surface area (Å²) in [4.78, 5) is 38.1. The van der Waals surface area contributed by atoms with E-state index in [9.17, 15) is 14.4 Å². The second kappa shape index (κ2) is 49.8. The van der Waals surface area contributed by atoms with E-state index >= 15 is 0 Å². The maximum absolute atomic E-state index is 12.8. The Labute approximate surface area is 393 Å². The summed E-state index contributed by atoms with van der Waals surface area (Å²) in [6.45, 7) is 11.4. The average molecular weight is 892 g/mol. The van der Waals surface area contributed by atoms with Gasteiger partial charge in [0, 0.05) is 19.3 Å². The Morgan fingerprint density at radius 3 is 0.778 bits per heavy atom. The maximum Gasteiger partial charge on any atom is 0.306 e. The van der Waals surface area contributed by atoms with Crippen LogP contribution in [0.25, 0.3) is 0 Å². The minimum Gasteiger partial charge on any atom is -0.462 e. The van der Waals surface area contributed by atoms with Gasteiger partial charge in [-0.25, -0.2) is 0 Å². The van der Waals surface area contributed by atoms with E-state index in [0.29, 0.717) is 19.3 Å². The first kappa shape index (κ1) is 61.4. The molecule has 6 heteroatoms. The molecule has 0 aliphatic rings. The Morgan fingerprint density at radius 2 is 0.524 bits per heavy atom. The van der Waals surface area contributed by atoms with Gasteiger partial charge in [0.15, 0.2) is 6.10 Å². The van der Waals surface area contributed by atoms with Gasteiger partial charge in [-0.15, -0.1) is 0 Å². The SMILES string of the molecule is CCCCCCCCCCCCCCCCCC(=O)OC[C@@H](COC(=O)CCCCCCCCCCCCCC(C)C)OC(=O)CCCCCCCCCCCCCCCC(C)C. The van der Waals surface area contributed by atoms with Gasteiger partial charge in [-0.1, -0.05) is 279 Å². The van der Waals surface area contributed by atoms with Gasteiger partial charge < -0.3 is 14.2 Å². The number of hydrogen-bond acceptors (Lipinski definition) is 6. The first-order valence-electron chi connectivity index (χ1n) is 28.2. The van der Waals surface area contributed by atoms with Gasteiger partial charge in [0.25, 0.3) is 0 Å². The standard InChI is InChI=1S/C57H110O6/c1-6-7-8-9-10-11-12-13-14-17-22-27-32-37-42-47-55(58)61-50-54(51-62-56(59)48-43-38-33-28-24-19-21-26-31-36-41-46-53(4)5)63-57(60)49-44-39-34-29-23-18-15-16-20-25-30-35-40-45-52(2)3/h52-54H,6-51H2,1-5H3/t54-/m0/s1. The van der Waals surface area contributed by atoms with E-state index in [1.165, 1.54) is 205 Å². The zero-order valence-corrected chi connectivity index (χ0v) is 43.2. The maximum atomic E-state index is 12.8. The van der Waals surface area contributed by atoms with Crippen LogP contribution in [0.4, 0.5) is 0 Å². The van der Waals surface area contributed by atoms with Crippen LogP contribution in [0.1, 0.15) is 317 Å². The molecule has 0 N–H and O–H groups in total. The molecule has 0 aromatic rings. The van der Waals surface area contributed by atoms with Crippen molar-refractivity contribution in [1.29, 1.82) is 0 Å².